The first-order valence-electron chi connectivity index (χ1n) is 7.98. The fraction of sp³-hybridized carbons (Fsp3) is 0.0476. The summed E-state index contributed by atoms with van der Waals surface area (Å²) in [4.78, 5) is 12.7. The standard InChI is InChI=1S/C21H16N2O3/c22-13-16-7-1-3-10-19(16)26-20-11-4-2-9-18(20)21(25)23-17-8-5-6-15(12-17)14-24/h1-12,24H,14H2,(H,23,25). The van der Waals surface area contributed by atoms with Crippen molar-refractivity contribution in [2.24, 2.45) is 0 Å². The van der Waals surface area contributed by atoms with Gasteiger partial charge in [-0.1, -0.05) is 36.4 Å². The number of carbonyl (C=O) groups is 1. The fourth-order valence-electron chi connectivity index (χ4n) is 2.46. The maximum absolute atomic E-state index is 12.7. The van der Waals surface area contributed by atoms with Gasteiger partial charge in [0, 0.05) is 5.69 Å². The normalized spacial score (nSPS) is 10.0. The van der Waals surface area contributed by atoms with Crippen molar-refractivity contribution in [2.75, 3.05) is 5.32 Å². The molecule has 3 rings (SSSR count). The minimum atomic E-state index is -0.342. The summed E-state index contributed by atoms with van der Waals surface area (Å²) in [6.45, 7) is -0.103. The molecule has 5 heteroatoms. The molecular formula is C21H16N2O3. The largest absolute Gasteiger partial charge is 0.455 e. The lowest BCUT2D eigenvalue weighted by Crippen LogP contribution is -2.13. The van der Waals surface area contributed by atoms with Crippen LogP contribution in [0.15, 0.2) is 72.8 Å². The minimum Gasteiger partial charge on any atom is -0.455 e. The van der Waals surface area contributed by atoms with Gasteiger partial charge in [0.05, 0.1) is 17.7 Å². The molecular weight excluding hydrogens is 328 g/mol. The van der Waals surface area contributed by atoms with Crippen molar-refractivity contribution >= 4 is 11.6 Å². The second-order valence-electron chi connectivity index (χ2n) is 5.52. The summed E-state index contributed by atoms with van der Waals surface area (Å²) in [5.74, 6) is 0.397. The van der Waals surface area contributed by atoms with Crippen molar-refractivity contribution in [3.63, 3.8) is 0 Å². The zero-order chi connectivity index (χ0) is 18.4. The van der Waals surface area contributed by atoms with E-state index in [1.807, 2.05) is 0 Å². The Bertz CT molecular complexity index is 977. The van der Waals surface area contributed by atoms with Crippen LogP contribution in [0.1, 0.15) is 21.5 Å². The Morgan fingerprint density at radius 3 is 2.50 bits per heavy atom. The molecule has 3 aromatic rings. The second-order valence-corrected chi connectivity index (χ2v) is 5.52. The Balaban J connectivity index is 1.87. The van der Waals surface area contributed by atoms with Gasteiger partial charge in [-0.3, -0.25) is 4.79 Å². The highest BCUT2D eigenvalue weighted by molar-refractivity contribution is 6.06. The molecule has 0 aliphatic rings. The van der Waals surface area contributed by atoms with Gasteiger partial charge in [0.25, 0.3) is 5.91 Å². The Morgan fingerprint density at radius 1 is 1.00 bits per heavy atom. The van der Waals surface area contributed by atoms with Gasteiger partial charge >= 0.3 is 0 Å². The molecule has 2 N–H and O–H groups in total. The summed E-state index contributed by atoms with van der Waals surface area (Å²) in [6, 6.07) is 22.7. The Labute approximate surface area is 151 Å². The van der Waals surface area contributed by atoms with Gasteiger partial charge in [-0.25, -0.2) is 0 Å². The van der Waals surface area contributed by atoms with E-state index in [0.717, 1.165) is 0 Å². The first-order chi connectivity index (χ1) is 12.7. The molecule has 0 unspecified atom stereocenters. The number of nitrogens with zero attached hydrogens (tertiary/aromatic N) is 1. The van der Waals surface area contributed by atoms with Gasteiger partial charge in [0.2, 0.25) is 0 Å². The molecule has 3 aromatic carbocycles. The van der Waals surface area contributed by atoms with Crippen LogP contribution in [0.25, 0.3) is 0 Å². The Hall–Kier alpha value is -3.62. The van der Waals surface area contributed by atoms with E-state index in [1.54, 1.807) is 72.8 Å². The number of rotatable bonds is 5. The lowest BCUT2D eigenvalue weighted by Gasteiger charge is -2.12. The average molecular weight is 344 g/mol. The predicted octanol–water partition coefficient (Wildman–Crippen LogP) is 4.10. The van der Waals surface area contributed by atoms with Gasteiger partial charge in [0.15, 0.2) is 0 Å². The predicted molar refractivity (Wildman–Crippen MR) is 98.0 cm³/mol. The van der Waals surface area contributed by atoms with Crippen LogP contribution >= 0.6 is 0 Å². The third-order valence-electron chi connectivity index (χ3n) is 3.73. The first-order valence-corrected chi connectivity index (χ1v) is 7.98. The van der Waals surface area contributed by atoms with E-state index >= 15 is 0 Å². The van der Waals surface area contributed by atoms with Crippen LogP contribution in [-0.2, 0) is 6.61 Å². The number of para-hydroxylation sites is 2. The summed E-state index contributed by atoms with van der Waals surface area (Å²) in [5.41, 5.74) is 2.01. The van der Waals surface area contributed by atoms with Crippen LogP contribution in [0.5, 0.6) is 11.5 Å². The van der Waals surface area contributed by atoms with Crippen LogP contribution in [0.2, 0.25) is 0 Å². The summed E-state index contributed by atoms with van der Waals surface area (Å²) in [5, 5.41) is 21.2. The van der Waals surface area contributed by atoms with Crippen molar-refractivity contribution < 1.29 is 14.6 Å². The number of nitrogens with one attached hydrogen (secondary N) is 1. The molecule has 0 aliphatic carbocycles. The van der Waals surface area contributed by atoms with Crippen molar-refractivity contribution in [1.29, 1.82) is 5.26 Å². The zero-order valence-electron chi connectivity index (χ0n) is 13.8. The number of benzene rings is 3. The molecule has 0 saturated carbocycles. The van der Waals surface area contributed by atoms with Crippen molar-refractivity contribution in [1.82, 2.24) is 0 Å². The van der Waals surface area contributed by atoms with Crippen LogP contribution in [-0.4, -0.2) is 11.0 Å². The fourth-order valence-corrected chi connectivity index (χ4v) is 2.46. The van der Waals surface area contributed by atoms with Crippen LogP contribution in [0.3, 0.4) is 0 Å². The van der Waals surface area contributed by atoms with Gasteiger partial charge in [-0.2, -0.15) is 5.26 Å². The number of nitriles is 1. The smallest absolute Gasteiger partial charge is 0.259 e. The maximum Gasteiger partial charge on any atom is 0.259 e. The van der Waals surface area contributed by atoms with Crippen molar-refractivity contribution in [3.05, 3.63) is 89.5 Å². The highest BCUT2D eigenvalue weighted by Gasteiger charge is 2.14. The van der Waals surface area contributed by atoms with Crippen LogP contribution < -0.4 is 10.1 Å². The van der Waals surface area contributed by atoms with E-state index in [9.17, 15) is 15.2 Å². The SMILES string of the molecule is N#Cc1ccccc1Oc1ccccc1C(=O)Nc1cccc(CO)c1. The molecule has 0 atom stereocenters. The van der Waals surface area contributed by atoms with E-state index in [4.69, 9.17) is 4.74 Å². The molecule has 0 spiro atoms. The molecule has 0 aromatic heterocycles. The molecule has 0 bridgehead atoms. The number of amides is 1. The van der Waals surface area contributed by atoms with Gasteiger partial charge in [-0.15, -0.1) is 0 Å². The van der Waals surface area contributed by atoms with Crippen LogP contribution in [0, 0.1) is 11.3 Å². The monoisotopic (exact) mass is 344 g/mol. The quantitative estimate of drug-likeness (QED) is 0.730. The molecule has 0 aliphatic heterocycles. The number of anilines is 1. The zero-order valence-corrected chi connectivity index (χ0v) is 13.8. The maximum atomic E-state index is 12.7. The average Bonchev–Trinajstić information content (AvgIpc) is 2.69. The van der Waals surface area contributed by atoms with Gasteiger partial charge < -0.3 is 15.2 Å². The van der Waals surface area contributed by atoms with E-state index < -0.39 is 0 Å². The number of hydrogen-bond donors (Lipinski definition) is 2. The minimum absolute atomic E-state index is 0.103. The summed E-state index contributed by atoms with van der Waals surface area (Å²) < 4.78 is 5.81. The number of aliphatic hydroxyl groups excluding tert-OH is 1. The molecule has 128 valence electrons. The highest BCUT2D eigenvalue weighted by Crippen LogP contribution is 2.28. The third kappa shape index (κ3) is 3.89. The lowest BCUT2D eigenvalue weighted by atomic mass is 10.1. The van der Waals surface area contributed by atoms with E-state index in [0.29, 0.717) is 33.9 Å². The topological polar surface area (TPSA) is 82.3 Å². The highest BCUT2D eigenvalue weighted by atomic mass is 16.5. The molecule has 26 heavy (non-hydrogen) atoms. The van der Waals surface area contributed by atoms with E-state index in [1.165, 1.54) is 0 Å². The molecule has 5 nitrogen and oxygen atoms in total. The van der Waals surface area contributed by atoms with Gasteiger partial charge in [0.1, 0.15) is 17.6 Å². The first kappa shape index (κ1) is 17.2. The molecule has 0 saturated heterocycles. The summed E-state index contributed by atoms with van der Waals surface area (Å²) in [7, 11) is 0. The summed E-state index contributed by atoms with van der Waals surface area (Å²) >= 11 is 0. The van der Waals surface area contributed by atoms with Crippen LogP contribution in [0.4, 0.5) is 5.69 Å². The lowest BCUT2D eigenvalue weighted by molar-refractivity contribution is 0.102. The summed E-state index contributed by atoms with van der Waals surface area (Å²) in [6.07, 6.45) is 0. The van der Waals surface area contributed by atoms with E-state index in [-0.39, 0.29) is 12.5 Å². The molecule has 1 amide bonds. The Kier molecular flexibility index (Phi) is 5.28. The second kappa shape index (κ2) is 7.97. The third-order valence-corrected chi connectivity index (χ3v) is 3.73. The van der Waals surface area contributed by atoms with Crippen molar-refractivity contribution in [3.8, 4) is 17.6 Å². The van der Waals surface area contributed by atoms with Gasteiger partial charge in [-0.05, 0) is 42.0 Å². The number of carbonyl (C=O) groups excluding carboxylic acids is 1. The molecule has 0 fully saturated rings. The number of ether oxygens (including phenoxy) is 1. The van der Waals surface area contributed by atoms with Crippen molar-refractivity contribution in [2.45, 2.75) is 6.61 Å². The molecule has 0 heterocycles. The molecule has 0 radical (unpaired) electrons. The Morgan fingerprint density at radius 2 is 1.73 bits per heavy atom. The van der Waals surface area contributed by atoms with E-state index in [2.05, 4.69) is 11.4 Å². The number of hydrogen-bond acceptors (Lipinski definition) is 4. The number of aliphatic hydroxyl groups is 1.